The smallest absolute Gasteiger partial charge is 0.341 e. The number of phenols is 1. The number of carbonyl (C=O) groups excluding carboxylic acids is 1. The Labute approximate surface area is 176 Å². The molecule has 0 amide bonds. The molecule has 3 heterocycles. The molecule has 0 saturated carbocycles. The van der Waals surface area contributed by atoms with Crippen molar-refractivity contribution in [2.45, 2.75) is 0 Å². The highest BCUT2D eigenvalue weighted by Gasteiger charge is 2.19. The number of anilines is 2. The largest absolute Gasteiger partial charge is 0.507 e. The predicted molar refractivity (Wildman–Crippen MR) is 115 cm³/mol. The molecule has 0 aliphatic carbocycles. The molecule has 152 valence electrons. The summed E-state index contributed by atoms with van der Waals surface area (Å²) in [6.07, 6.45) is 6.07. The van der Waals surface area contributed by atoms with Crippen molar-refractivity contribution >= 4 is 39.1 Å². The van der Waals surface area contributed by atoms with Gasteiger partial charge in [-0.1, -0.05) is 12.1 Å². The quantitative estimate of drug-likeness (QED) is 0.410. The van der Waals surface area contributed by atoms with E-state index in [1.807, 2.05) is 30.3 Å². The number of methoxy groups -OCH3 is 1. The first-order valence-corrected chi connectivity index (χ1v) is 9.40. The summed E-state index contributed by atoms with van der Waals surface area (Å²) in [5, 5.41) is 15.9. The number of phenolic OH excluding ortho intramolecular Hbond substituents is 1. The lowest BCUT2D eigenvalue weighted by Gasteiger charge is -2.09. The Morgan fingerprint density at radius 3 is 2.71 bits per heavy atom. The van der Waals surface area contributed by atoms with E-state index in [0.717, 1.165) is 21.8 Å². The van der Waals surface area contributed by atoms with E-state index in [4.69, 9.17) is 9.15 Å². The normalized spacial score (nSPS) is 11.0. The van der Waals surface area contributed by atoms with E-state index in [1.165, 1.54) is 19.5 Å². The minimum atomic E-state index is -0.516. The number of hydrogen-bond donors (Lipinski definition) is 2. The molecular formula is C23H16N4O4. The van der Waals surface area contributed by atoms with Crippen molar-refractivity contribution in [2.75, 3.05) is 12.4 Å². The standard InChI is InChI=1S/C23H16N4O4/c1-30-23(29)14-10-25-22(26-11-14)21-20(17-7-8-24-12-19(17)31-21)27-15-5-6-16-13(9-15)3-2-4-18(16)28/h2-12,27-28H,1H3. The average Bonchev–Trinajstić information content (AvgIpc) is 3.17. The molecule has 0 radical (unpaired) electrons. The molecule has 0 saturated heterocycles. The monoisotopic (exact) mass is 412 g/mol. The number of hydrogen-bond acceptors (Lipinski definition) is 8. The van der Waals surface area contributed by atoms with Gasteiger partial charge in [0.1, 0.15) is 5.75 Å². The number of nitrogens with one attached hydrogen (secondary N) is 1. The number of pyridine rings is 1. The number of rotatable bonds is 4. The van der Waals surface area contributed by atoms with Crippen LogP contribution in [-0.4, -0.2) is 33.1 Å². The lowest BCUT2D eigenvalue weighted by atomic mass is 10.1. The lowest BCUT2D eigenvalue weighted by molar-refractivity contribution is 0.0599. The van der Waals surface area contributed by atoms with E-state index in [0.29, 0.717) is 22.9 Å². The van der Waals surface area contributed by atoms with Crippen LogP contribution < -0.4 is 5.32 Å². The molecule has 0 spiro atoms. The second kappa shape index (κ2) is 7.42. The van der Waals surface area contributed by atoms with Crippen molar-refractivity contribution in [1.82, 2.24) is 15.0 Å². The number of fused-ring (bicyclic) bond motifs is 2. The Hall–Kier alpha value is -4.46. The van der Waals surface area contributed by atoms with Crippen molar-refractivity contribution in [3.05, 3.63) is 72.8 Å². The molecule has 8 nitrogen and oxygen atoms in total. The molecule has 0 atom stereocenters. The summed E-state index contributed by atoms with van der Waals surface area (Å²) >= 11 is 0. The van der Waals surface area contributed by atoms with Gasteiger partial charge in [-0.05, 0) is 35.7 Å². The van der Waals surface area contributed by atoms with Gasteiger partial charge >= 0.3 is 5.97 Å². The van der Waals surface area contributed by atoms with Crippen LogP contribution in [0.25, 0.3) is 33.3 Å². The number of furan rings is 1. The maximum Gasteiger partial charge on any atom is 0.341 e. The molecule has 0 aliphatic rings. The molecule has 8 heteroatoms. The fourth-order valence-corrected chi connectivity index (χ4v) is 3.39. The first kappa shape index (κ1) is 18.6. The lowest BCUT2D eigenvalue weighted by Crippen LogP contribution is -2.03. The third-order valence-electron chi connectivity index (χ3n) is 4.90. The average molecular weight is 412 g/mol. The van der Waals surface area contributed by atoms with Crippen LogP contribution in [0.4, 0.5) is 11.4 Å². The minimum Gasteiger partial charge on any atom is -0.507 e. The molecule has 5 aromatic rings. The third kappa shape index (κ3) is 3.29. The zero-order valence-electron chi connectivity index (χ0n) is 16.4. The molecule has 3 aromatic heterocycles. The zero-order valence-corrected chi connectivity index (χ0v) is 16.4. The fraction of sp³-hybridized carbons (Fsp3) is 0.0435. The summed E-state index contributed by atoms with van der Waals surface area (Å²) in [7, 11) is 1.30. The predicted octanol–water partition coefficient (Wildman–Crippen LogP) is 4.67. The maximum atomic E-state index is 11.7. The zero-order chi connectivity index (χ0) is 21.4. The summed E-state index contributed by atoms with van der Waals surface area (Å²) in [4.78, 5) is 24.3. The van der Waals surface area contributed by atoms with Gasteiger partial charge < -0.3 is 19.6 Å². The fourth-order valence-electron chi connectivity index (χ4n) is 3.39. The van der Waals surface area contributed by atoms with Gasteiger partial charge in [-0.25, -0.2) is 14.8 Å². The van der Waals surface area contributed by atoms with Crippen LogP contribution in [0.2, 0.25) is 0 Å². The molecule has 0 fully saturated rings. The number of benzene rings is 2. The van der Waals surface area contributed by atoms with Gasteiger partial charge in [0.25, 0.3) is 0 Å². The van der Waals surface area contributed by atoms with Gasteiger partial charge in [-0.3, -0.25) is 4.98 Å². The van der Waals surface area contributed by atoms with Crippen molar-refractivity contribution in [3.8, 4) is 17.3 Å². The Balaban J connectivity index is 1.60. The molecule has 2 aromatic carbocycles. The molecule has 5 rings (SSSR count). The molecule has 0 unspecified atom stereocenters. The van der Waals surface area contributed by atoms with Crippen molar-refractivity contribution in [2.24, 2.45) is 0 Å². The SMILES string of the molecule is COC(=O)c1cnc(-c2oc3cnccc3c2Nc2ccc3c(O)cccc3c2)nc1. The van der Waals surface area contributed by atoms with Gasteiger partial charge in [0.2, 0.25) is 0 Å². The van der Waals surface area contributed by atoms with Crippen LogP contribution in [-0.2, 0) is 4.74 Å². The summed E-state index contributed by atoms with van der Waals surface area (Å²) in [6, 6.07) is 12.8. The second-order valence-electron chi connectivity index (χ2n) is 6.80. The van der Waals surface area contributed by atoms with Crippen LogP contribution >= 0.6 is 0 Å². The first-order valence-electron chi connectivity index (χ1n) is 9.40. The first-order chi connectivity index (χ1) is 15.1. The number of esters is 1. The van der Waals surface area contributed by atoms with E-state index in [9.17, 15) is 9.90 Å². The Bertz CT molecular complexity index is 1430. The maximum absolute atomic E-state index is 11.7. The van der Waals surface area contributed by atoms with Gasteiger partial charge in [0, 0.05) is 35.1 Å². The summed E-state index contributed by atoms with van der Waals surface area (Å²) in [5.74, 6) is 0.432. The van der Waals surface area contributed by atoms with Crippen LogP contribution in [0.15, 0.2) is 71.7 Å². The van der Waals surface area contributed by atoms with E-state index >= 15 is 0 Å². The van der Waals surface area contributed by atoms with Gasteiger partial charge in [0.05, 0.1) is 24.6 Å². The highest BCUT2D eigenvalue weighted by Crippen LogP contribution is 2.38. The van der Waals surface area contributed by atoms with Crippen molar-refractivity contribution in [1.29, 1.82) is 0 Å². The minimum absolute atomic E-state index is 0.226. The molecule has 2 N–H and O–H groups in total. The van der Waals surface area contributed by atoms with Crippen LogP contribution in [0, 0.1) is 0 Å². The van der Waals surface area contributed by atoms with Crippen molar-refractivity contribution < 1.29 is 19.1 Å². The number of aromatic nitrogens is 3. The van der Waals surface area contributed by atoms with Gasteiger partial charge in [0.15, 0.2) is 17.2 Å². The highest BCUT2D eigenvalue weighted by molar-refractivity contribution is 6.00. The van der Waals surface area contributed by atoms with Crippen LogP contribution in [0.5, 0.6) is 5.75 Å². The number of nitrogens with zero attached hydrogens (tertiary/aromatic N) is 3. The summed E-state index contributed by atoms with van der Waals surface area (Å²) < 4.78 is 10.7. The third-order valence-corrected chi connectivity index (χ3v) is 4.90. The van der Waals surface area contributed by atoms with Crippen LogP contribution in [0.3, 0.4) is 0 Å². The van der Waals surface area contributed by atoms with Gasteiger partial charge in [-0.15, -0.1) is 0 Å². The van der Waals surface area contributed by atoms with Crippen LogP contribution in [0.1, 0.15) is 10.4 Å². The Kier molecular flexibility index (Phi) is 4.44. The van der Waals surface area contributed by atoms with E-state index in [-0.39, 0.29) is 11.3 Å². The van der Waals surface area contributed by atoms with E-state index in [2.05, 4.69) is 20.3 Å². The summed E-state index contributed by atoms with van der Waals surface area (Å²) in [6.45, 7) is 0. The Morgan fingerprint density at radius 1 is 1.06 bits per heavy atom. The highest BCUT2D eigenvalue weighted by atomic mass is 16.5. The topological polar surface area (TPSA) is 110 Å². The Morgan fingerprint density at radius 2 is 1.90 bits per heavy atom. The molecule has 0 aliphatic heterocycles. The second-order valence-corrected chi connectivity index (χ2v) is 6.80. The van der Waals surface area contributed by atoms with Gasteiger partial charge in [-0.2, -0.15) is 0 Å². The molecule has 0 bridgehead atoms. The number of aromatic hydroxyl groups is 1. The number of ether oxygens (including phenoxy) is 1. The molecule has 31 heavy (non-hydrogen) atoms. The van der Waals surface area contributed by atoms with E-state index < -0.39 is 5.97 Å². The van der Waals surface area contributed by atoms with Crippen molar-refractivity contribution in [3.63, 3.8) is 0 Å². The molecular weight excluding hydrogens is 396 g/mol. The number of carbonyl (C=O) groups is 1. The van der Waals surface area contributed by atoms with E-state index in [1.54, 1.807) is 24.5 Å². The summed E-state index contributed by atoms with van der Waals surface area (Å²) in [5.41, 5.74) is 2.28.